The number of nitrogens with one attached hydrogen (secondary N) is 1. The van der Waals surface area contributed by atoms with Crippen LogP contribution in [0.4, 0.5) is 11.4 Å². The van der Waals surface area contributed by atoms with Gasteiger partial charge in [-0.3, -0.25) is 5.41 Å². The first-order valence-corrected chi connectivity index (χ1v) is 14.6. The predicted molar refractivity (Wildman–Crippen MR) is 137 cm³/mol. The zero-order valence-corrected chi connectivity index (χ0v) is 22.3. The number of amidine groups is 1. The Morgan fingerprint density at radius 1 is 1.15 bits per heavy atom. The SMILES string of the molecule is CC1=NN(c2ccccc2)C(=N)/C1=C(/[S-])SN=Nc1ccc(S(=O)(=O)N=C(N)N)cc1.[Cl][Fe+][Cl]. The van der Waals surface area contributed by atoms with Crippen molar-refractivity contribution in [3.63, 3.8) is 0 Å². The number of rotatable bonds is 6. The first-order valence-electron chi connectivity index (χ1n) is 8.91. The molecule has 0 aromatic heterocycles. The van der Waals surface area contributed by atoms with Crippen LogP contribution >= 0.6 is 32.1 Å². The monoisotopic (exact) mass is 599 g/mol. The fraction of sp³-hybridized carbons (Fsp3) is 0.0556. The number of halogens is 2. The number of para-hydroxylation sites is 1. The van der Waals surface area contributed by atoms with E-state index >= 15 is 0 Å². The van der Waals surface area contributed by atoms with Gasteiger partial charge in [-0.25, -0.2) is 5.01 Å². The minimum absolute atomic E-state index is 0.0779. The average molecular weight is 600 g/mol. The molecule has 0 aliphatic carbocycles. The van der Waals surface area contributed by atoms with Gasteiger partial charge in [-0.15, -0.1) is 18.3 Å². The van der Waals surface area contributed by atoms with Gasteiger partial charge in [0.1, 0.15) is 0 Å². The molecule has 0 bridgehead atoms. The number of sulfonamides is 1. The standard InChI is InChI=1S/C18H18N8O2S3.2ClH.Fe/c1-11-15(16(19)26(23-11)13-5-3-2-4-6-13)17(29)30-25-22-12-7-9-14(10-8-12)31(27,28)24-18(20)21;;;/h2-10,19,29H,1H3,(H4,20,21,24);2*1H;/q;;;+3/p-3/b17-15-,19-16?,25-22?;;;. The second kappa shape index (κ2) is 13.0. The van der Waals surface area contributed by atoms with Crippen LogP contribution in [0.25, 0.3) is 0 Å². The number of anilines is 1. The van der Waals surface area contributed by atoms with E-state index < -0.39 is 16.0 Å². The molecule has 1 aliphatic heterocycles. The second-order valence-corrected chi connectivity index (χ2v) is 11.0. The zero-order valence-electron chi connectivity index (χ0n) is 17.2. The molecule has 0 radical (unpaired) electrons. The number of guanidine groups is 1. The van der Waals surface area contributed by atoms with Gasteiger partial charge >= 0.3 is 33.3 Å². The summed E-state index contributed by atoms with van der Waals surface area (Å²) in [5.41, 5.74) is 12.5. The van der Waals surface area contributed by atoms with E-state index in [-0.39, 0.29) is 23.9 Å². The van der Waals surface area contributed by atoms with Crippen LogP contribution in [0.2, 0.25) is 0 Å². The van der Waals surface area contributed by atoms with E-state index in [1.807, 2.05) is 30.3 Å². The fourth-order valence-corrected chi connectivity index (χ4v) is 4.31. The van der Waals surface area contributed by atoms with Crippen molar-refractivity contribution in [1.29, 1.82) is 5.41 Å². The number of hydrogen-bond acceptors (Lipinski definition) is 8. The molecule has 0 saturated carbocycles. The number of hydrazone groups is 1. The third-order valence-electron chi connectivity index (χ3n) is 3.91. The average Bonchev–Trinajstić information content (AvgIpc) is 3.08. The van der Waals surface area contributed by atoms with E-state index in [0.717, 1.165) is 17.6 Å². The summed E-state index contributed by atoms with van der Waals surface area (Å²) >= 11 is 6.52. The molecular weight excluding hydrogens is 583 g/mol. The molecule has 181 valence electrons. The Kier molecular flexibility index (Phi) is 10.8. The van der Waals surface area contributed by atoms with Crippen molar-refractivity contribution >= 4 is 83.7 Å². The quantitative estimate of drug-likeness (QED) is 0.111. The van der Waals surface area contributed by atoms with E-state index in [0.29, 0.717) is 21.2 Å². The Labute approximate surface area is 221 Å². The van der Waals surface area contributed by atoms with Crippen molar-refractivity contribution in [1.82, 2.24) is 0 Å². The van der Waals surface area contributed by atoms with Gasteiger partial charge < -0.3 is 24.1 Å². The van der Waals surface area contributed by atoms with Gasteiger partial charge in [-0.05, 0) is 43.3 Å². The van der Waals surface area contributed by atoms with Gasteiger partial charge in [0.2, 0.25) is 5.96 Å². The summed E-state index contributed by atoms with van der Waals surface area (Å²) in [6, 6.07) is 14.8. The Hall–Kier alpha value is -2.19. The summed E-state index contributed by atoms with van der Waals surface area (Å²) in [5, 5.41) is 18.3. The Bertz CT molecular complexity index is 1250. The summed E-state index contributed by atoms with van der Waals surface area (Å²) in [7, 11) is 5.56. The number of nitrogens with zero attached hydrogens (tertiary/aromatic N) is 5. The van der Waals surface area contributed by atoms with E-state index in [1.54, 1.807) is 6.92 Å². The second-order valence-electron chi connectivity index (χ2n) is 6.15. The molecule has 1 aliphatic rings. The topological polar surface area (TPSA) is 163 Å². The van der Waals surface area contributed by atoms with Crippen LogP contribution in [0.3, 0.4) is 0 Å². The summed E-state index contributed by atoms with van der Waals surface area (Å²) in [5.74, 6) is -0.390. The Balaban J connectivity index is 0.00000129. The molecule has 16 heteroatoms. The molecule has 5 N–H and O–H groups in total. The molecule has 1 heterocycles. The molecule has 2 aromatic carbocycles. The van der Waals surface area contributed by atoms with Crippen LogP contribution in [0.1, 0.15) is 6.92 Å². The molecule has 0 unspecified atom stereocenters. The molecular formula is C18H17Cl2FeN8O2S3. The zero-order chi connectivity index (χ0) is 25.3. The third-order valence-corrected chi connectivity index (χ3v) is 6.19. The normalized spacial score (nSPS) is 15.0. The molecule has 3 rings (SSSR count). The van der Waals surface area contributed by atoms with E-state index in [1.165, 1.54) is 29.3 Å². The molecule has 0 amide bonds. The van der Waals surface area contributed by atoms with Crippen LogP contribution in [-0.4, -0.2) is 25.9 Å². The van der Waals surface area contributed by atoms with Crippen molar-refractivity contribution < 1.29 is 21.6 Å². The molecule has 2 aromatic rings. The van der Waals surface area contributed by atoms with Crippen LogP contribution in [0, 0.1) is 5.41 Å². The van der Waals surface area contributed by atoms with E-state index in [4.69, 9.17) is 49.7 Å². The van der Waals surface area contributed by atoms with Gasteiger partial charge in [-0.1, -0.05) is 18.2 Å². The van der Waals surface area contributed by atoms with Gasteiger partial charge in [0.05, 0.1) is 22.0 Å². The van der Waals surface area contributed by atoms with Crippen LogP contribution in [0.5, 0.6) is 0 Å². The first-order chi connectivity index (χ1) is 16.1. The summed E-state index contributed by atoms with van der Waals surface area (Å²) in [4.78, 5) is -0.0779. The van der Waals surface area contributed by atoms with Gasteiger partial charge in [0.15, 0.2) is 5.84 Å². The molecule has 0 atom stereocenters. The summed E-state index contributed by atoms with van der Waals surface area (Å²) < 4.78 is 31.4. The summed E-state index contributed by atoms with van der Waals surface area (Å²) in [6.45, 7) is 1.77. The van der Waals surface area contributed by atoms with Crippen molar-refractivity contribution in [3.05, 3.63) is 64.4 Å². The van der Waals surface area contributed by atoms with Crippen LogP contribution in [0.15, 0.2) is 88.4 Å². The van der Waals surface area contributed by atoms with Gasteiger partial charge in [0, 0.05) is 17.5 Å². The van der Waals surface area contributed by atoms with E-state index in [9.17, 15) is 8.42 Å². The Morgan fingerprint density at radius 3 is 2.29 bits per heavy atom. The predicted octanol–water partition coefficient (Wildman–Crippen LogP) is 4.39. The maximum atomic E-state index is 11.9. The number of nitrogens with two attached hydrogens (primary N) is 2. The van der Waals surface area contributed by atoms with E-state index in [2.05, 4.69) is 19.1 Å². The fourth-order valence-electron chi connectivity index (χ4n) is 2.55. The molecule has 0 spiro atoms. The first kappa shape index (κ1) is 28.0. The van der Waals surface area contributed by atoms with Crippen LogP contribution < -0.4 is 16.5 Å². The van der Waals surface area contributed by atoms with Gasteiger partial charge in [0.25, 0.3) is 10.0 Å². The van der Waals surface area contributed by atoms with Crippen LogP contribution in [-0.2, 0) is 35.8 Å². The third kappa shape index (κ3) is 7.67. The summed E-state index contributed by atoms with van der Waals surface area (Å²) in [6.07, 6.45) is 0. The molecule has 0 saturated heterocycles. The van der Waals surface area contributed by atoms with Crippen molar-refractivity contribution in [2.75, 3.05) is 5.01 Å². The van der Waals surface area contributed by atoms with Crippen molar-refractivity contribution in [2.45, 2.75) is 11.8 Å². The number of hydrogen-bond donors (Lipinski definition) is 3. The van der Waals surface area contributed by atoms with Crippen molar-refractivity contribution in [3.8, 4) is 0 Å². The maximum absolute atomic E-state index is 11.9. The molecule has 0 fully saturated rings. The van der Waals surface area contributed by atoms with Crippen molar-refractivity contribution in [2.24, 2.45) is 30.6 Å². The Morgan fingerprint density at radius 2 is 1.74 bits per heavy atom. The molecule has 10 nitrogen and oxygen atoms in total. The molecule has 34 heavy (non-hydrogen) atoms. The minimum atomic E-state index is -3.97. The number of benzene rings is 2. The van der Waals surface area contributed by atoms with Gasteiger partial charge in [-0.2, -0.15) is 13.5 Å².